The average Bonchev–Trinajstić information content (AvgIpc) is 3.15. The molecule has 0 saturated heterocycles. The van der Waals surface area contributed by atoms with Gasteiger partial charge in [0.05, 0.1) is 76.3 Å². The Kier molecular flexibility index (Phi) is 17.7. The molecule has 2 aromatic rings. The summed E-state index contributed by atoms with van der Waals surface area (Å²) in [4.78, 5) is 5.73. The standard InChI is InChI=1S/C37H51N3O11S3/c1-4-38-28-7-10-31-34(25-28)51-35-26-29(40(5-2)6-3)8-11-32(35)37(31)33-12-9-30(27-36(33)54(43,44)45)53(41,42)39-13-14-46-15-16-47-17-18-48-19-20-49-21-22-50-23-24-52/h7-12,25-27,39,52H,4-6,13-24H2,1-3H3,(H,43,44,45)/b38-28+. The van der Waals surface area contributed by atoms with Gasteiger partial charge >= 0.3 is 0 Å². The molecular formula is C37H51N3O11S3. The Bertz CT molecular complexity index is 2040. The van der Waals surface area contributed by atoms with E-state index in [9.17, 15) is 21.4 Å². The van der Waals surface area contributed by atoms with Gasteiger partial charge in [0, 0.05) is 71.8 Å². The number of ether oxygens (including phenoxy) is 5. The molecule has 2 aliphatic rings. The summed E-state index contributed by atoms with van der Waals surface area (Å²) in [5, 5.41) is 1.26. The van der Waals surface area contributed by atoms with Crippen molar-refractivity contribution < 1.29 is 49.5 Å². The van der Waals surface area contributed by atoms with Crippen LogP contribution in [-0.4, -0.2) is 119 Å². The van der Waals surface area contributed by atoms with Crippen molar-refractivity contribution in [2.75, 3.05) is 103 Å². The van der Waals surface area contributed by atoms with Gasteiger partial charge in [-0.25, -0.2) is 13.1 Å². The number of rotatable bonds is 25. The van der Waals surface area contributed by atoms with E-state index in [0.717, 1.165) is 24.8 Å². The monoisotopic (exact) mass is 809 g/mol. The molecule has 0 unspecified atom stereocenters. The summed E-state index contributed by atoms with van der Waals surface area (Å²) in [5.74, 6) is 1.12. The van der Waals surface area contributed by atoms with Crippen LogP contribution in [0.4, 0.5) is 5.69 Å². The lowest BCUT2D eigenvalue weighted by atomic mass is 9.93. The minimum atomic E-state index is -4.91. The molecule has 0 radical (unpaired) electrons. The molecule has 0 atom stereocenters. The normalized spacial score (nSPS) is 12.6. The van der Waals surface area contributed by atoms with Crippen molar-refractivity contribution in [3.05, 3.63) is 60.0 Å². The van der Waals surface area contributed by atoms with E-state index in [1.807, 2.05) is 39.0 Å². The highest BCUT2D eigenvalue weighted by atomic mass is 32.2. The Hall–Kier alpha value is -3.10. The fourth-order valence-electron chi connectivity index (χ4n) is 5.69. The molecule has 298 valence electrons. The number of anilines is 1. The van der Waals surface area contributed by atoms with Gasteiger partial charge in [-0.15, -0.1) is 0 Å². The number of benzene rings is 3. The third-order valence-corrected chi connectivity index (χ3v) is 10.8. The van der Waals surface area contributed by atoms with E-state index < -0.39 is 25.0 Å². The highest BCUT2D eigenvalue weighted by molar-refractivity contribution is 7.89. The third-order valence-electron chi connectivity index (χ3n) is 8.23. The number of hydrogen-bond acceptors (Lipinski definition) is 13. The molecule has 0 bridgehead atoms. The molecule has 0 amide bonds. The van der Waals surface area contributed by atoms with Crippen molar-refractivity contribution in [3.63, 3.8) is 0 Å². The lowest BCUT2D eigenvalue weighted by Crippen LogP contribution is -2.28. The summed E-state index contributed by atoms with van der Waals surface area (Å²) >= 11 is 4.06. The van der Waals surface area contributed by atoms with Gasteiger partial charge in [-0.2, -0.15) is 21.0 Å². The Morgan fingerprint density at radius 2 is 1.33 bits per heavy atom. The maximum Gasteiger partial charge on any atom is 0.295 e. The lowest BCUT2D eigenvalue weighted by Gasteiger charge is -2.23. The van der Waals surface area contributed by atoms with Gasteiger partial charge in [0.2, 0.25) is 10.0 Å². The van der Waals surface area contributed by atoms with Crippen LogP contribution in [0.5, 0.6) is 0 Å². The highest BCUT2D eigenvalue weighted by Crippen LogP contribution is 2.43. The summed E-state index contributed by atoms with van der Waals surface area (Å²) in [6.07, 6.45) is 0. The molecule has 0 spiro atoms. The summed E-state index contributed by atoms with van der Waals surface area (Å²) in [6, 6.07) is 14.6. The lowest BCUT2D eigenvalue weighted by molar-refractivity contribution is -0.00962. The molecule has 2 aromatic carbocycles. The first kappa shape index (κ1) is 43.6. The number of hydrogen-bond donors (Lipinski definition) is 3. The van der Waals surface area contributed by atoms with Crippen LogP contribution in [0.3, 0.4) is 0 Å². The highest BCUT2D eigenvalue weighted by Gasteiger charge is 2.27. The van der Waals surface area contributed by atoms with Gasteiger partial charge < -0.3 is 33.0 Å². The molecule has 2 N–H and O–H groups in total. The maximum absolute atomic E-state index is 13.3. The molecule has 0 saturated carbocycles. The van der Waals surface area contributed by atoms with E-state index >= 15 is 0 Å². The first-order chi connectivity index (χ1) is 26.0. The predicted octanol–water partition coefficient (Wildman–Crippen LogP) is 4.51. The van der Waals surface area contributed by atoms with Crippen LogP contribution < -0.4 is 15.0 Å². The first-order valence-electron chi connectivity index (χ1n) is 17.9. The summed E-state index contributed by atoms with van der Waals surface area (Å²) in [5.41, 5.74) is 2.54. The zero-order chi connectivity index (χ0) is 39.0. The Balaban J connectivity index is 1.42. The maximum atomic E-state index is 13.3. The second-order valence-electron chi connectivity index (χ2n) is 11.8. The van der Waals surface area contributed by atoms with Gasteiger partial charge in [-0.1, -0.05) is 6.07 Å². The number of thiol groups is 1. The molecule has 1 aliphatic carbocycles. The van der Waals surface area contributed by atoms with E-state index in [0.29, 0.717) is 91.8 Å². The van der Waals surface area contributed by atoms with Crippen LogP contribution in [0.15, 0.2) is 73.8 Å². The molecular weight excluding hydrogens is 759 g/mol. The fraction of sp³-hybridized carbons (Fsp3) is 0.486. The average molecular weight is 810 g/mol. The molecule has 54 heavy (non-hydrogen) atoms. The van der Waals surface area contributed by atoms with Gasteiger partial charge in [0.1, 0.15) is 16.2 Å². The van der Waals surface area contributed by atoms with Crippen molar-refractivity contribution in [2.45, 2.75) is 30.6 Å². The van der Waals surface area contributed by atoms with Crippen LogP contribution in [0.2, 0.25) is 0 Å². The summed E-state index contributed by atoms with van der Waals surface area (Å²) < 4.78 is 98.6. The van der Waals surface area contributed by atoms with Gasteiger partial charge in [0.25, 0.3) is 10.1 Å². The minimum absolute atomic E-state index is 0.0463. The Labute approximate surface area is 323 Å². The Morgan fingerprint density at radius 3 is 1.91 bits per heavy atom. The van der Waals surface area contributed by atoms with Crippen LogP contribution in [-0.2, 0) is 43.8 Å². The second kappa shape index (κ2) is 21.8. The van der Waals surface area contributed by atoms with Crippen molar-refractivity contribution >= 4 is 49.4 Å². The molecule has 4 rings (SSSR count). The SMILES string of the molecule is CC/N=c1\ccc2c(-c3ccc(S(=O)(=O)NCCOCCOCCOCCOCCOCCS)cc3S(=O)(=O)O)c3ccc(N(CC)CC)cc3oc-2c1. The minimum Gasteiger partial charge on any atom is -0.456 e. The number of nitrogens with zero attached hydrogens (tertiary/aromatic N) is 2. The van der Waals surface area contributed by atoms with E-state index in [2.05, 4.69) is 27.2 Å². The van der Waals surface area contributed by atoms with E-state index in [4.69, 9.17) is 28.1 Å². The van der Waals surface area contributed by atoms with Crippen molar-refractivity contribution in [1.82, 2.24) is 4.72 Å². The molecule has 14 nitrogen and oxygen atoms in total. The molecule has 1 heterocycles. The van der Waals surface area contributed by atoms with E-state index in [1.165, 1.54) is 12.1 Å². The smallest absolute Gasteiger partial charge is 0.295 e. The van der Waals surface area contributed by atoms with Crippen LogP contribution >= 0.6 is 12.6 Å². The van der Waals surface area contributed by atoms with Crippen LogP contribution in [0.25, 0.3) is 33.4 Å². The van der Waals surface area contributed by atoms with Crippen LogP contribution in [0.1, 0.15) is 20.8 Å². The molecule has 0 fully saturated rings. The topological polar surface area (TPSA) is 175 Å². The van der Waals surface area contributed by atoms with Gasteiger partial charge in [-0.3, -0.25) is 9.55 Å². The first-order valence-corrected chi connectivity index (χ1v) is 21.5. The Morgan fingerprint density at radius 1 is 0.741 bits per heavy atom. The molecule has 1 aliphatic heterocycles. The third kappa shape index (κ3) is 12.5. The summed E-state index contributed by atoms with van der Waals surface area (Å²) in [7, 11) is -9.10. The van der Waals surface area contributed by atoms with Crippen molar-refractivity contribution in [2.24, 2.45) is 4.99 Å². The van der Waals surface area contributed by atoms with E-state index in [-0.39, 0.29) is 36.8 Å². The zero-order valence-corrected chi connectivity index (χ0v) is 33.5. The van der Waals surface area contributed by atoms with Crippen molar-refractivity contribution in [1.29, 1.82) is 0 Å². The number of nitrogens with one attached hydrogen (secondary N) is 1. The molecule has 0 aromatic heterocycles. The van der Waals surface area contributed by atoms with Crippen LogP contribution in [0, 0.1) is 0 Å². The zero-order valence-electron chi connectivity index (χ0n) is 31.0. The quantitative estimate of drug-likeness (QED) is 0.0371. The summed E-state index contributed by atoms with van der Waals surface area (Å²) in [6.45, 7) is 11.8. The number of sulfonamides is 1. The number of fused-ring (bicyclic) bond motifs is 2. The van der Waals surface area contributed by atoms with Gasteiger partial charge in [-0.05, 0) is 57.2 Å². The predicted molar refractivity (Wildman–Crippen MR) is 211 cm³/mol. The fourth-order valence-corrected chi connectivity index (χ4v) is 7.66. The van der Waals surface area contributed by atoms with E-state index in [1.54, 1.807) is 18.2 Å². The second-order valence-corrected chi connectivity index (χ2v) is 15.4. The van der Waals surface area contributed by atoms with Crippen molar-refractivity contribution in [3.8, 4) is 22.5 Å². The van der Waals surface area contributed by atoms with Gasteiger partial charge in [0.15, 0.2) is 0 Å². The largest absolute Gasteiger partial charge is 0.456 e. The molecule has 17 heteroatoms.